The maximum Gasteiger partial charge on any atom is 0.171 e. The number of ether oxygens (including phenoxy) is 1. The van der Waals surface area contributed by atoms with E-state index in [4.69, 9.17) is 16.3 Å². The summed E-state index contributed by atoms with van der Waals surface area (Å²) in [4.78, 5) is 10.1. The van der Waals surface area contributed by atoms with E-state index in [0.717, 1.165) is 31.6 Å². The summed E-state index contributed by atoms with van der Waals surface area (Å²) in [6.45, 7) is 2.04. The van der Waals surface area contributed by atoms with E-state index in [9.17, 15) is 0 Å². The number of aromatic nitrogens is 2. The van der Waals surface area contributed by atoms with Crippen LogP contribution in [0.4, 0.5) is 0 Å². The van der Waals surface area contributed by atoms with E-state index in [0.29, 0.717) is 11.0 Å². The van der Waals surface area contributed by atoms with Gasteiger partial charge in [0.1, 0.15) is 10.9 Å². The Morgan fingerprint density at radius 1 is 1.30 bits per heavy atom. The maximum absolute atomic E-state index is 6.31. The van der Waals surface area contributed by atoms with Crippen LogP contribution >= 0.6 is 38.9 Å². The first-order chi connectivity index (χ1) is 9.60. The standard InChI is InChI=1S/C14H10BrClN2OS/c1-7-3-4-20-12(7)14-17-10-6-8(19-2)5-9(15)11(10)13(16)18-14/h3-6H,1-2H3. The number of methoxy groups -OCH3 is 1. The summed E-state index contributed by atoms with van der Waals surface area (Å²) in [5.74, 6) is 1.38. The number of aryl methyl sites for hydroxylation is 1. The van der Waals surface area contributed by atoms with Crippen LogP contribution in [0.15, 0.2) is 28.1 Å². The first-order valence-electron chi connectivity index (χ1n) is 5.85. The van der Waals surface area contributed by atoms with Gasteiger partial charge >= 0.3 is 0 Å². The van der Waals surface area contributed by atoms with Crippen molar-refractivity contribution in [2.45, 2.75) is 6.92 Å². The molecule has 0 radical (unpaired) electrons. The van der Waals surface area contributed by atoms with Crippen LogP contribution in [0.25, 0.3) is 21.6 Å². The lowest BCUT2D eigenvalue weighted by Gasteiger charge is -2.08. The summed E-state index contributed by atoms with van der Waals surface area (Å²) >= 11 is 11.4. The highest BCUT2D eigenvalue weighted by Gasteiger charge is 2.14. The van der Waals surface area contributed by atoms with Gasteiger partial charge in [0.05, 0.1) is 22.9 Å². The molecule has 0 atom stereocenters. The summed E-state index contributed by atoms with van der Waals surface area (Å²) in [5, 5.41) is 3.26. The highest BCUT2D eigenvalue weighted by atomic mass is 79.9. The summed E-state index contributed by atoms with van der Waals surface area (Å²) in [6, 6.07) is 5.76. The van der Waals surface area contributed by atoms with Crippen molar-refractivity contribution in [1.29, 1.82) is 0 Å². The second-order valence-electron chi connectivity index (χ2n) is 4.27. The minimum Gasteiger partial charge on any atom is -0.497 e. The van der Waals surface area contributed by atoms with E-state index in [1.165, 1.54) is 0 Å². The van der Waals surface area contributed by atoms with Crippen LogP contribution in [0.3, 0.4) is 0 Å². The van der Waals surface area contributed by atoms with Crippen molar-refractivity contribution < 1.29 is 4.74 Å². The van der Waals surface area contributed by atoms with E-state index < -0.39 is 0 Å². The molecule has 0 N–H and O–H groups in total. The summed E-state index contributed by atoms with van der Waals surface area (Å²) in [6.07, 6.45) is 0. The zero-order valence-corrected chi connectivity index (χ0v) is 13.9. The number of rotatable bonds is 2. The molecule has 0 spiro atoms. The van der Waals surface area contributed by atoms with Crippen LogP contribution in [0.5, 0.6) is 5.75 Å². The van der Waals surface area contributed by atoms with Gasteiger partial charge in [0.2, 0.25) is 0 Å². The molecule has 0 saturated heterocycles. The third kappa shape index (κ3) is 2.30. The number of thiophene rings is 1. The van der Waals surface area contributed by atoms with Gasteiger partial charge in [-0.2, -0.15) is 0 Å². The first kappa shape index (κ1) is 13.8. The van der Waals surface area contributed by atoms with Crippen molar-refractivity contribution in [3.05, 3.63) is 38.8 Å². The lowest BCUT2D eigenvalue weighted by Crippen LogP contribution is -1.93. The van der Waals surface area contributed by atoms with Gasteiger partial charge < -0.3 is 4.74 Å². The van der Waals surface area contributed by atoms with Gasteiger partial charge in [-0.05, 0) is 45.9 Å². The van der Waals surface area contributed by atoms with E-state index in [-0.39, 0.29) is 0 Å². The number of hydrogen-bond acceptors (Lipinski definition) is 4. The summed E-state index contributed by atoms with van der Waals surface area (Å²) < 4.78 is 6.09. The van der Waals surface area contributed by atoms with Crippen LogP contribution in [0.2, 0.25) is 5.15 Å². The molecule has 0 saturated carbocycles. The number of halogens is 2. The van der Waals surface area contributed by atoms with Gasteiger partial charge in [-0.3, -0.25) is 0 Å². The zero-order chi connectivity index (χ0) is 14.3. The molecule has 3 rings (SSSR count). The van der Waals surface area contributed by atoms with E-state index in [1.807, 2.05) is 30.5 Å². The van der Waals surface area contributed by atoms with E-state index >= 15 is 0 Å². The van der Waals surface area contributed by atoms with Crippen LogP contribution < -0.4 is 4.74 Å². The molecule has 0 fully saturated rings. The van der Waals surface area contributed by atoms with Gasteiger partial charge in [0.25, 0.3) is 0 Å². The van der Waals surface area contributed by atoms with Crippen molar-refractivity contribution in [2.24, 2.45) is 0 Å². The van der Waals surface area contributed by atoms with Gasteiger partial charge in [-0.1, -0.05) is 11.6 Å². The van der Waals surface area contributed by atoms with E-state index in [1.54, 1.807) is 18.4 Å². The molecule has 6 heteroatoms. The fourth-order valence-corrected chi connectivity index (χ4v) is 3.84. The Morgan fingerprint density at radius 2 is 2.10 bits per heavy atom. The second kappa shape index (κ2) is 5.31. The van der Waals surface area contributed by atoms with Crippen molar-refractivity contribution in [2.75, 3.05) is 7.11 Å². The maximum atomic E-state index is 6.31. The fraction of sp³-hybridized carbons (Fsp3) is 0.143. The topological polar surface area (TPSA) is 35.0 Å². The minimum absolute atomic E-state index is 0.437. The normalized spacial score (nSPS) is 11.0. The van der Waals surface area contributed by atoms with Gasteiger partial charge in [0, 0.05) is 10.5 Å². The quantitative estimate of drug-likeness (QED) is 0.590. The average Bonchev–Trinajstić information content (AvgIpc) is 2.83. The molecule has 1 aromatic carbocycles. The first-order valence-corrected chi connectivity index (χ1v) is 7.90. The Labute approximate surface area is 133 Å². The zero-order valence-electron chi connectivity index (χ0n) is 10.8. The molecule has 20 heavy (non-hydrogen) atoms. The fourth-order valence-electron chi connectivity index (χ4n) is 1.97. The predicted octanol–water partition coefficient (Wildman–Crippen LogP) is 5.09. The van der Waals surface area contributed by atoms with Crippen molar-refractivity contribution in [1.82, 2.24) is 9.97 Å². The lowest BCUT2D eigenvalue weighted by molar-refractivity contribution is 0.415. The Kier molecular flexibility index (Phi) is 3.67. The molecule has 2 aromatic heterocycles. The molecule has 102 valence electrons. The number of hydrogen-bond donors (Lipinski definition) is 0. The minimum atomic E-state index is 0.437. The SMILES string of the molecule is COc1cc(Br)c2c(Cl)nc(-c3sccc3C)nc2c1. The van der Waals surface area contributed by atoms with Crippen molar-refractivity contribution >= 4 is 49.8 Å². The molecule has 3 aromatic rings. The van der Waals surface area contributed by atoms with Crippen molar-refractivity contribution in [3.63, 3.8) is 0 Å². The molecule has 2 heterocycles. The number of nitrogens with zero attached hydrogens (tertiary/aromatic N) is 2. The molecule has 0 aliphatic heterocycles. The molecular weight excluding hydrogens is 360 g/mol. The summed E-state index contributed by atoms with van der Waals surface area (Å²) in [5.41, 5.74) is 1.91. The Bertz CT molecular complexity index is 803. The smallest absolute Gasteiger partial charge is 0.171 e. The Balaban J connectivity index is 2.30. The van der Waals surface area contributed by atoms with Gasteiger partial charge in [0.15, 0.2) is 5.82 Å². The highest BCUT2D eigenvalue weighted by molar-refractivity contribution is 9.10. The average molecular weight is 370 g/mol. The van der Waals surface area contributed by atoms with Crippen LogP contribution in [-0.2, 0) is 0 Å². The molecule has 0 amide bonds. The Morgan fingerprint density at radius 3 is 2.75 bits per heavy atom. The van der Waals surface area contributed by atoms with Gasteiger partial charge in [-0.25, -0.2) is 9.97 Å². The molecular formula is C14H10BrClN2OS. The monoisotopic (exact) mass is 368 g/mol. The van der Waals surface area contributed by atoms with Crippen LogP contribution in [-0.4, -0.2) is 17.1 Å². The second-order valence-corrected chi connectivity index (χ2v) is 6.40. The highest BCUT2D eigenvalue weighted by Crippen LogP contribution is 2.35. The lowest BCUT2D eigenvalue weighted by atomic mass is 10.2. The van der Waals surface area contributed by atoms with Crippen LogP contribution in [0, 0.1) is 6.92 Å². The molecule has 3 nitrogen and oxygen atoms in total. The number of benzene rings is 1. The summed E-state index contributed by atoms with van der Waals surface area (Å²) in [7, 11) is 1.63. The van der Waals surface area contributed by atoms with E-state index in [2.05, 4.69) is 25.9 Å². The molecule has 0 bridgehead atoms. The third-order valence-electron chi connectivity index (χ3n) is 2.98. The molecule has 0 unspecified atom stereocenters. The number of fused-ring (bicyclic) bond motifs is 1. The largest absolute Gasteiger partial charge is 0.497 e. The molecule has 0 aliphatic carbocycles. The van der Waals surface area contributed by atoms with Crippen molar-refractivity contribution in [3.8, 4) is 16.5 Å². The van der Waals surface area contributed by atoms with Gasteiger partial charge in [-0.15, -0.1) is 11.3 Å². The predicted molar refractivity (Wildman–Crippen MR) is 86.9 cm³/mol. The molecule has 0 aliphatic rings. The third-order valence-corrected chi connectivity index (χ3v) is 4.89. The van der Waals surface area contributed by atoms with Crippen LogP contribution in [0.1, 0.15) is 5.56 Å². The Hall–Kier alpha value is -1.17.